The maximum atomic E-state index is 11.7. The van der Waals surface area contributed by atoms with Gasteiger partial charge in [-0.25, -0.2) is 4.79 Å². The molecule has 0 aromatic carbocycles. The average molecular weight is 265 g/mol. The van der Waals surface area contributed by atoms with E-state index in [1.807, 2.05) is 0 Å². The molecule has 8 heteroatoms. The predicted octanol–water partition coefficient (Wildman–Crippen LogP) is 0.0472. The summed E-state index contributed by atoms with van der Waals surface area (Å²) in [6.07, 6.45) is 0. The number of anilines is 2. The van der Waals surface area contributed by atoms with E-state index >= 15 is 0 Å². The molecule has 0 bridgehead atoms. The van der Waals surface area contributed by atoms with Crippen molar-refractivity contribution in [3.63, 3.8) is 0 Å². The molecule has 2 aromatic heterocycles. The highest BCUT2D eigenvalue weighted by Crippen LogP contribution is 2.11. The van der Waals surface area contributed by atoms with E-state index in [1.54, 1.807) is 19.9 Å². The van der Waals surface area contributed by atoms with E-state index in [4.69, 9.17) is 10.3 Å². The van der Waals surface area contributed by atoms with Crippen molar-refractivity contribution in [2.75, 3.05) is 11.1 Å². The number of hydrogen-bond donors (Lipinski definition) is 3. The Labute approximate surface area is 108 Å². The van der Waals surface area contributed by atoms with Crippen LogP contribution in [0.2, 0.25) is 0 Å². The van der Waals surface area contributed by atoms with Gasteiger partial charge in [0.15, 0.2) is 0 Å². The topological polar surface area (TPSA) is 119 Å². The lowest BCUT2D eigenvalue weighted by atomic mass is 10.3. The van der Waals surface area contributed by atoms with Gasteiger partial charge < -0.3 is 15.6 Å². The first-order valence-corrected chi connectivity index (χ1v) is 5.81. The molecule has 8 nitrogen and oxygen atoms in total. The highest BCUT2D eigenvalue weighted by molar-refractivity contribution is 5.60. The van der Waals surface area contributed by atoms with Crippen molar-refractivity contribution in [1.82, 2.24) is 14.7 Å². The zero-order valence-corrected chi connectivity index (χ0v) is 10.7. The number of hydrogen-bond acceptors (Lipinski definition) is 6. The summed E-state index contributed by atoms with van der Waals surface area (Å²) in [4.78, 5) is 25.4. The summed E-state index contributed by atoms with van der Waals surface area (Å²) in [5.41, 5.74) is 5.53. The Kier molecular flexibility index (Phi) is 3.41. The van der Waals surface area contributed by atoms with Gasteiger partial charge in [-0.15, -0.1) is 0 Å². The summed E-state index contributed by atoms with van der Waals surface area (Å²) in [5, 5.41) is 6.65. The molecule has 0 amide bonds. The van der Waals surface area contributed by atoms with Crippen LogP contribution in [-0.4, -0.2) is 14.7 Å². The fourth-order valence-electron chi connectivity index (χ4n) is 1.75. The number of H-pyrrole nitrogens is 1. The fourth-order valence-corrected chi connectivity index (χ4v) is 1.75. The van der Waals surface area contributed by atoms with Crippen molar-refractivity contribution in [3.05, 3.63) is 38.4 Å². The van der Waals surface area contributed by atoms with E-state index < -0.39 is 11.2 Å². The fraction of sp³-hybridized carbons (Fsp3) is 0.364. The van der Waals surface area contributed by atoms with Gasteiger partial charge in [0.1, 0.15) is 23.0 Å². The van der Waals surface area contributed by atoms with Crippen LogP contribution in [0.15, 0.2) is 20.2 Å². The van der Waals surface area contributed by atoms with Crippen molar-refractivity contribution in [2.45, 2.75) is 26.9 Å². The molecular formula is C11H15N5O3. The SMILES string of the molecule is CCn1c(N)c(NCc2cc(C)on2)c(=O)[nH]c1=O. The Morgan fingerprint density at radius 1 is 1.53 bits per heavy atom. The van der Waals surface area contributed by atoms with E-state index in [1.165, 1.54) is 4.57 Å². The molecule has 0 unspecified atom stereocenters. The molecule has 0 aliphatic carbocycles. The Morgan fingerprint density at radius 2 is 2.26 bits per heavy atom. The van der Waals surface area contributed by atoms with Gasteiger partial charge in [-0.1, -0.05) is 5.16 Å². The van der Waals surface area contributed by atoms with E-state index in [9.17, 15) is 9.59 Å². The summed E-state index contributed by atoms with van der Waals surface area (Å²) in [6, 6.07) is 1.74. The zero-order chi connectivity index (χ0) is 14.0. The Balaban J connectivity index is 2.30. The van der Waals surface area contributed by atoms with Gasteiger partial charge in [-0.3, -0.25) is 14.3 Å². The molecule has 0 fully saturated rings. The van der Waals surface area contributed by atoms with Gasteiger partial charge in [0, 0.05) is 12.6 Å². The van der Waals surface area contributed by atoms with E-state index in [0.717, 1.165) is 0 Å². The van der Waals surface area contributed by atoms with Crippen molar-refractivity contribution < 1.29 is 4.52 Å². The molecule has 102 valence electrons. The summed E-state index contributed by atoms with van der Waals surface area (Å²) < 4.78 is 6.19. The number of nitrogen functional groups attached to an aromatic ring is 1. The minimum atomic E-state index is -0.549. The number of aromatic amines is 1. The van der Waals surface area contributed by atoms with Crippen molar-refractivity contribution in [2.24, 2.45) is 0 Å². The van der Waals surface area contributed by atoms with Crippen LogP contribution in [0.4, 0.5) is 11.5 Å². The Morgan fingerprint density at radius 3 is 2.84 bits per heavy atom. The summed E-state index contributed by atoms with van der Waals surface area (Å²) in [5.74, 6) is 0.786. The molecule has 0 saturated carbocycles. The average Bonchev–Trinajstić information content (AvgIpc) is 2.75. The molecule has 4 N–H and O–H groups in total. The zero-order valence-electron chi connectivity index (χ0n) is 10.7. The molecule has 2 rings (SSSR count). The summed E-state index contributed by atoms with van der Waals surface area (Å²) >= 11 is 0. The number of aryl methyl sites for hydroxylation is 1. The van der Waals surface area contributed by atoms with Crippen LogP contribution in [0.5, 0.6) is 0 Å². The lowest BCUT2D eigenvalue weighted by Gasteiger charge is -2.11. The minimum absolute atomic E-state index is 0.108. The third-order valence-electron chi connectivity index (χ3n) is 2.68. The van der Waals surface area contributed by atoms with Gasteiger partial charge in [0.2, 0.25) is 0 Å². The summed E-state index contributed by atoms with van der Waals surface area (Å²) in [6.45, 7) is 4.20. The van der Waals surface area contributed by atoms with E-state index in [0.29, 0.717) is 18.0 Å². The Bertz CT molecular complexity index is 697. The molecule has 0 aliphatic rings. The molecule has 0 aliphatic heterocycles. The van der Waals surface area contributed by atoms with Crippen molar-refractivity contribution in [3.8, 4) is 0 Å². The number of rotatable bonds is 4. The lowest BCUT2D eigenvalue weighted by Crippen LogP contribution is -2.33. The van der Waals surface area contributed by atoms with Crippen LogP contribution in [0.1, 0.15) is 18.4 Å². The highest BCUT2D eigenvalue weighted by Gasteiger charge is 2.11. The maximum absolute atomic E-state index is 11.7. The molecule has 19 heavy (non-hydrogen) atoms. The first-order chi connectivity index (χ1) is 9.02. The highest BCUT2D eigenvalue weighted by atomic mass is 16.5. The van der Waals surface area contributed by atoms with Gasteiger partial charge in [-0.05, 0) is 13.8 Å². The second-order valence-electron chi connectivity index (χ2n) is 4.05. The predicted molar refractivity (Wildman–Crippen MR) is 70.0 cm³/mol. The molecular weight excluding hydrogens is 250 g/mol. The van der Waals surface area contributed by atoms with Crippen LogP contribution in [-0.2, 0) is 13.1 Å². The van der Waals surface area contributed by atoms with E-state index in [2.05, 4.69) is 15.5 Å². The third kappa shape index (κ3) is 2.51. The van der Waals surface area contributed by atoms with Gasteiger partial charge in [0.25, 0.3) is 5.56 Å². The first kappa shape index (κ1) is 12.9. The standard InChI is InChI=1S/C11H15N5O3/c1-3-16-9(12)8(10(17)14-11(16)18)13-5-7-4-6(2)19-15-7/h4,13H,3,5,12H2,1-2H3,(H,14,17,18). The second-order valence-corrected chi connectivity index (χ2v) is 4.05. The normalized spacial score (nSPS) is 10.6. The molecule has 0 spiro atoms. The van der Waals surface area contributed by atoms with Gasteiger partial charge >= 0.3 is 5.69 Å². The Hall–Kier alpha value is -2.51. The second kappa shape index (κ2) is 5.01. The quantitative estimate of drug-likeness (QED) is 0.718. The smallest absolute Gasteiger partial charge is 0.330 e. The molecule has 2 heterocycles. The lowest BCUT2D eigenvalue weighted by molar-refractivity contribution is 0.391. The van der Waals surface area contributed by atoms with Crippen LogP contribution in [0, 0.1) is 6.92 Å². The molecule has 2 aromatic rings. The minimum Gasteiger partial charge on any atom is -0.383 e. The van der Waals surface area contributed by atoms with Crippen LogP contribution in [0.3, 0.4) is 0 Å². The number of aromatic nitrogens is 3. The molecule has 0 radical (unpaired) electrons. The number of nitrogens with two attached hydrogens (primary N) is 1. The number of nitrogens with one attached hydrogen (secondary N) is 2. The third-order valence-corrected chi connectivity index (χ3v) is 2.68. The first-order valence-electron chi connectivity index (χ1n) is 5.81. The summed E-state index contributed by atoms with van der Waals surface area (Å²) in [7, 11) is 0. The van der Waals surface area contributed by atoms with Crippen molar-refractivity contribution in [1.29, 1.82) is 0 Å². The van der Waals surface area contributed by atoms with Crippen LogP contribution >= 0.6 is 0 Å². The van der Waals surface area contributed by atoms with Crippen molar-refractivity contribution >= 4 is 11.5 Å². The maximum Gasteiger partial charge on any atom is 0.330 e. The number of nitrogens with zero attached hydrogens (tertiary/aromatic N) is 2. The molecule has 0 atom stereocenters. The monoisotopic (exact) mass is 265 g/mol. The van der Waals surface area contributed by atoms with Gasteiger partial charge in [0.05, 0.1) is 6.54 Å². The molecule has 0 saturated heterocycles. The van der Waals surface area contributed by atoms with Gasteiger partial charge in [-0.2, -0.15) is 0 Å². The largest absolute Gasteiger partial charge is 0.383 e. The van der Waals surface area contributed by atoms with Crippen LogP contribution < -0.4 is 22.3 Å². The van der Waals surface area contributed by atoms with Crippen LogP contribution in [0.25, 0.3) is 0 Å². The van der Waals surface area contributed by atoms with E-state index in [-0.39, 0.29) is 18.1 Å².